The Bertz CT molecular complexity index is 163. The van der Waals surface area contributed by atoms with Gasteiger partial charge in [-0.3, -0.25) is 0 Å². The number of alkyl halides is 1. The Labute approximate surface area is 60.1 Å². The van der Waals surface area contributed by atoms with E-state index in [0.29, 0.717) is 0 Å². The van der Waals surface area contributed by atoms with E-state index in [0.717, 1.165) is 0 Å². The summed E-state index contributed by atoms with van der Waals surface area (Å²) < 4.78 is 20.6. The summed E-state index contributed by atoms with van der Waals surface area (Å²) in [6.07, 6.45) is 0. The van der Waals surface area contributed by atoms with Crippen molar-refractivity contribution in [3.05, 3.63) is 0 Å². The molecule has 0 saturated carbocycles. The zero-order valence-electron chi connectivity index (χ0n) is 5.17. The standard InChI is InChI=1S/C4H10ClNO2S/c1-4(5)9(7,8)3-2-6/h4H,2-3,6H2,1H3. The quantitative estimate of drug-likeness (QED) is 0.606. The summed E-state index contributed by atoms with van der Waals surface area (Å²) in [4.78, 5) is 0. The van der Waals surface area contributed by atoms with Gasteiger partial charge in [0.05, 0.1) is 5.75 Å². The van der Waals surface area contributed by atoms with Crippen LogP contribution in [-0.2, 0) is 9.84 Å². The van der Waals surface area contributed by atoms with E-state index in [1.165, 1.54) is 6.92 Å². The highest BCUT2D eigenvalue weighted by atomic mass is 35.5. The van der Waals surface area contributed by atoms with Crippen LogP contribution >= 0.6 is 11.6 Å². The van der Waals surface area contributed by atoms with Gasteiger partial charge in [0.15, 0.2) is 9.84 Å². The number of hydrogen-bond acceptors (Lipinski definition) is 3. The monoisotopic (exact) mass is 171 g/mol. The molecule has 1 atom stereocenters. The third kappa shape index (κ3) is 3.03. The van der Waals surface area contributed by atoms with Crippen molar-refractivity contribution >= 4 is 21.4 Å². The van der Waals surface area contributed by atoms with Crippen molar-refractivity contribution in [1.82, 2.24) is 0 Å². The van der Waals surface area contributed by atoms with Crippen molar-refractivity contribution in [2.75, 3.05) is 12.3 Å². The lowest BCUT2D eigenvalue weighted by atomic mass is 10.8. The summed E-state index contributed by atoms with van der Waals surface area (Å²) in [5, 5.41) is 0. The highest BCUT2D eigenvalue weighted by Crippen LogP contribution is 2.04. The molecule has 0 radical (unpaired) electrons. The molecule has 0 aliphatic heterocycles. The smallest absolute Gasteiger partial charge is 0.167 e. The maximum Gasteiger partial charge on any atom is 0.167 e. The molecule has 2 N–H and O–H groups in total. The highest BCUT2D eigenvalue weighted by molar-refractivity contribution is 7.93. The normalized spacial score (nSPS) is 15.4. The van der Waals surface area contributed by atoms with Crippen molar-refractivity contribution in [3.63, 3.8) is 0 Å². The average molecular weight is 172 g/mol. The van der Waals surface area contributed by atoms with Crippen LogP contribution in [0, 0.1) is 0 Å². The second-order valence-corrected chi connectivity index (χ2v) is 5.05. The van der Waals surface area contributed by atoms with Gasteiger partial charge in [0.25, 0.3) is 0 Å². The third-order valence-corrected chi connectivity index (χ3v) is 3.51. The Morgan fingerprint density at radius 1 is 1.67 bits per heavy atom. The molecule has 0 aromatic carbocycles. The van der Waals surface area contributed by atoms with Gasteiger partial charge < -0.3 is 5.73 Å². The van der Waals surface area contributed by atoms with Crippen LogP contribution in [0.1, 0.15) is 6.92 Å². The molecule has 56 valence electrons. The van der Waals surface area contributed by atoms with Crippen LogP contribution in [0.4, 0.5) is 0 Å². The minimum atomic E-state index is -3.11. The molecular weight excluding hydrogens is 162 g/mol. The molecule has 0 aliphatic carbocycles. The van der Waals surface area contributed by atoms with Crippen LogP contribution in [0.5, 0.6) is 0 Å². The second kappa shape index (κ2) is 3.39. The Morgan fingerprint density at radius 3 is 2.22 bits per heavy atom. The fourth-order valence-corrected chi connectivity index (χ4v) is 1.25. The predicted molar refractivity (Wildman–Crippen MR) is 38.2 cm³/mol. The summed E-state index contributed by atoms with van der Waals surface area (Å²) in [6.45, 7) is 1.56. The van der Waals surface area contributed by atoms with Crippen LogP contribution in [-0.4, -0.2) is 25.4 Å². The van der Waals surface area contributed by atoms with Crippen LogP contribution in [0.3, 0.4) is 0 Å². The first-order valence-electron chi connectivity index (χ1n) is 2.56. The summed E-state index contributed by atoms with van der Waals surface area (Å²) >= 11 is 5.30. The second-order valence-electron chi connectivity index (χ2n) is 1.70. The van der Waals surface area contributed by atoms with Gasteiger partial charge in [-0.2, -0.15) is 0 Å². The minimum absolute atomic E-state index is 0.0301. The lowest BCUT2D eigenvalue weighted by molar-refractivity contribution is 0.594. The van der Waals surface area contributed by atoms with E-state index < -0.39 is 14.5 Å². The van der Waals surface area contributed by atoms with Crippen molar-refractivity contribution < 1.29 is 8.42 Å². The number of sulfone groups is 1. The molecule has 0 aromatic heterocycles. The zero-order chi connectivity index (χ0) is 7.49. The topological polar surface area (TPSA) is 60.2 Å². The van der Waals surface area contributed by atoms with E-state index >= 15 is 0 Å². The van der Waals surface area contributed by atoms with Gasteiger partial charge in [0, 0.05) is 6.54 Å². The van der Waals surface area contributed by atoms with E-state index in [-0.39, 0.29) is 12.3 Å². The van der Waals surface area contributed by atoms with E-state index in [4.69, 9.17) is 17.3 Å². The zero-order valence-corrected chi connectivity index (χ0v) is 6.74. The Kier molecular flexibility index (Phi) is 3.46. The number of nitrogens with two attached hydrogens (primary N) is 1. The largest absolute Gasteiger partial charge is 0.329 e. The van der Waals surface area contributed by atoms with Gasteiger partial charge in [0.1, 0.15) is 4.71 Å². The molecule has 0 spiro atoms. The third-order valence-electron chi connectivity index (χ3n) is 0.897. The summed E-state index contributed by atoms with van der Waals surface area (Å²) in [5.74, 6) is -0.0301. The maximum absolute atomic E-state index is 10.7. The molecule has 5 heteroatoms. The van der Waals surface area contributed by atoms with Crippen LogP contribution in [0.2, 0.25) is 0 Å². The summed E-state index contributed by atoms with van der Waals surface area (Å²) in [5.41, 5.74) is 5.01. The number of halogens is 1. The number of hydrogen-bond donors (Lipinski definition) is 1. The summed E-state index contributed by atoms with van der Waals surface area (Å²) in [7, 11) is -3.11. The molecule has 1 unspecified atom stereocenters. The lowest BCUT2D eigenvalue weighted by Gasteiger charge is -2.01. The Morgan fingerprint density at radius 2 is 2.11 bits per heavy atom. The van der Waals surface area contributed by atoms with E-state index in [2.05, 4.69) is 0 Å². The molecule has 0 heterocycles. The van der Waals surface area contributed by atoms with Crippen LogP contribution in [0.15, 0.2) is 0 Å². The van der Waals surface area contributed by atoms with Crippen molar-refractivity contribution in [2.45, 2.75) is 11.6 Å². The molecule has 0 rings (SSSR count). The van der Waals surface area contributed by atoms with E-state index in [9.17, 15) is 8.42 Å². The summed E-state index contributed by atoms with van der Waals surface area (Å²) in [6, 6.07) is 0. The van der Waals surface area contributed by atoms with E-state index in [1.54, 1.807) is 0 Å². The highest BCUT2D eigenvalue weighted by Gasteiger charge is 2.15. The molecule has 0 saturated heterocycles. The average Bonchev–Trinajstić information content (AvgIpc) is 1.65. The first-order chi connectivity index (χ1) is 4.00. The Balaban J connectivity index is 4.05. The molecule has 0 bridgehead atoms. The fraction of sp³-hybridized carbons (Fsp3) is 1.00. The van der Waals surface area contributed by atoms with E-state index in [1.807, 2.05) is 0 Å². The van der Waals surface area contributed by atoms with Crippen LogP contribution in [0.25, 0.3) is 0 Å². The fourth-order valence-electron chi connectivity index (χ4n) is 0.327. The van der Waals surface area contributed by atoms with Gasteiger partial charge in [0.2, 0.25) is 0 Å². The molecular formula is C4H10ClNO2S. The molecule has 0 fully saturated rings. The SMILES string of the molecule is CC(Cl)S(=O)(=O)CCN. The first-order valence-corrected chi connectivity index (χ1v) is 4.71. The van der Waals surface area contributed by atoms with Crippen LogP contribution < -0.4 is 5.73 Å². The number of rotatable bonds is 3. The van der Waals surface area contributed by atoms with Gasteiger partial charge in [-0.15, -0.1) is 11.6 Å². The van der Waals surface area contributed by atoms with Crippen molar-refractivity contribution in [3.8, 4) is 0 Å². The molecule has 0 aliphatic rings. The lowest BCUT2D eigenvalue weighted by Crippen LogP contribution is -2.21. The minimum Gasteiger partial charge on any atom is -0.329 e. The van der Waals surface area contributed by atoms with Gasteiger partial charge in [-0.05, 0) is 6.92 Å². The van der Waals surface area contributed by atoms with Gasteiger partial charge in [-0.25, -0.2) is 8.42 Å². The van der Waals surface area contributed by atoms with Crippen molar-refractivity contribution in [1.29, 1.82) is 0 Å². The molecule has 0 amide bonds. The molecule has 3 nitrogen and oxygen atoms in total. The van der Waals surface area contributed by atoms with Gasteiger partial charge >= 0.3 is 0 Å². The first kappa shape index (κ1) is 9.20. The van der Waals surface area contributed by atoms with Crippen molar-refractivity contribution in [2.24, 2.45) is 5.73 Å². The molecule has 0 aromatic rings. The predicted octanol–water partition coefficient (Wildman–Crippen LogP) is -0.0553. The Hall–Kier alpha value is 0.200. The maximum atomic E-state index is 10.7. The molecule has 9 heavy (non-hydrogen) atoms. The van der Waals surface area contributed by atoms with Gasteiger partial charge in [-0.1, -0.05) is 0 Å².